The van der Waals surface area contributed by atoms with Crippen LogP contribution in [0.2, 0.25) is 0 Å². The van der Waals surface area contributed by atoms with E-state index in [1.165, 1.54) is 13.3 Å². The number of carbonyl (C=O) groups is 3. The lowest BCUT2D eigenvalue weighted by Gasteiger charge is -2.21. The maximum Gasteiger partial charge on any atom is 0.327 e. The van der Waals surface area contributed by atoms with Crippen molar-refractivity contribution >= 4 is 30.4 Å². The molecule has 122 valence electrons. The molecule has 1 rings (SSSR count). The second kappa shape index (κ2) is 8.39. The molecule has 0 bridgehead atoms. The summed E-state index contributed by atoms with van der Waals surface area (Å²) in [6.07, 6.45) is 3.11. The standard InChI is InChI=1S/C12H19N5O4S/c1-6(13)10(18)16-8(2-7-3-14-5-15-7)11(19)17-9(4-22)12(20)21/h3,5-6,8-9,22H,2,4,13H2,1H3,(H,14,15)(H,16,18)(H,17,19)(H,20,21)/t6-,8-,9-/m0/s1. The van der Waals surface area contributed by atoms with E-state index in [2.05, 4.69) is 33.2 Å². The molecule has 1 aromatic heterocycles. The van der Waals surface area contributed by atoms with Crippen molar-refractivity contribution in [2.75, 3.05) is 5.75 Å². The van der Waals surface area contributed by atoms with Gasteiger partial charge in [-0.15, -0.1) is 0 Å². The zero-order valence-corrected chi connectivity index (χ0v) is 12.8. The van der Waals surface area contributed by atoms with Crippen LogP contribution >= 0.6 is 12.6 Å². The van der Waals surface area contributed by atoms with Crippen molar-refractivity contribution in [3.8, 4) is 0 Å². The second-order valence-corrected chi connectivity index (χ2v) is 5.06. The number of amides is 2. The number of aliphatic carboxylic acids is 1. The van der Waals surface area contributed by atoms with E-state index in [1.807, 2.05) is 0 Å². The summed E-state index contributed by atoms with van der Waals surface area (Å²) < 4.78 is 0. The number of rotatable bonds is 8. The van der Waals surface area contributed by atoms with Crippen LogP contribution in [-0.4, -0.2) is 56.7 Å². The molecule has 0 aliphatic carbocycles. The molecule has 22 heavy (non-hydrogen) atoms. The third-order valence-corrected chi connectivity index (χ3v) is 3.18. The predicted molar refractivity (Wildman–Crippen MR) is 81.3 cm³/mol. The zero-order valence-electron chi connectivity index (χ0n) is 11.9. The van der Waals surface area contributed by atoms with Crippen LogP contribution in [0, 0.1) is 0 Å². The summed E-state index contributed by atoms with van der Waals surface area (Å²) in [7, 11) is 0. The van der Waals surface area contributed by atoms with Crippen LogP contribution in [0.5, 0.6) is 0 Å². The molecule has 9 nitrogen and oxygen atoms in total. The Morgan fingerprint density at radius 3 is 2.45 bits per heavy atom. The summed E-state index contributed by atoms with van der Waals surface area (Å²) in [4.78, 5) is 41.6. The Hall–Kier alpha value is -2.07. The Kier molecular flexibility index (Phi) is 6.86. The number of aromatic amines is 1. The van der Waals surface area contributed by atoms with Crippen molar-refractivity contribution in [1.29, 1.82) is 0 Å². The number of carboxylic acids is 1. The number of hydrogen-bond acceptors (Lipinski definition) is 6. The fraction of sp³-hybridized carbons (Fsp3) is 0.500. The largest absolute Gasteiger partial charge is 0.480 e. The molecule has 2 amide bonds. The first-order valence-corrected chi connectivity index (χ1v) is 7.16. The maximum absolute atomic E-state index is 12.2. The topological polar surface area (TPSA) is 150 Å². The Balaban J connectivity index is 2.81. The van der Waals surface area contributed by atoms with Gasteiger partial charge in [0.15, 0.2) is 0 Å². The molecule has 10 heteroatoms. The zero-order chi connectivity index (χ0) is 16.7. The number of H-pyrrole nitrogens is 1. The molecule has 1 heterocycles. The first-order chi connectivity index (χ1) is 10.3. The molecular formula is C12H19N5O4S. The van der Waals surface area contributed by atoms with Crippen molar-refractivity contribution in [2.24, 2.45) is 5.73 Å². The van der Waals surface area contributed by atoms with Gasteiger partial charge in [-0.05, 0) is 6.92 Å². The molecule has 0 aliphatic heterocycles. The highest BCUT2D eigenvalue weighted by Gasteiger charge is 2.27. The molecule has 3 atom stereocenters. The molecular weight excluding hydrogens is 310 g/mol. The number of nitrogens with two attached hydrogens (primary N) is 1. The minimum absolute atomic E-state index is 0.0720. The second-order valence-electron chi connectivity index (χ2n) is 4.70. The smallest absolute Gasteiger partial charge is 0.327 e. The van der Waals surface area contributed by atoms with E-state index >= 15 is 0 Å². The van der Waals surface area contributed by atoms with E-state index in [4.69, 9.17) is 10.8 Å². The first-order valence-electron chi connectivity index (χ1n) is 6.52. The predicted octanol–water partition coefficient (Wildman–Crippen LogP) is -1.72. The maximum atomic E-state index is 12.2. The minimum Gasteiger partial charge on any atom is -0.480 e. The summed E-state index contributed by atoms with van der Waals surface area (Å²) in [6, 6.07) is -2.93. The van der Waals surface area contributed by atoms with Crippen LogP contribution in [0.25, 0.3) is 0 Å². The van der Waals surface area contributed by atoms with E-state index < -0.39 is 35.9 Å². The van der Waals surface area contributed by atoms with Crippen molar-refractivity contribution in [2.45, 2.75) is 31.5 Å². The molecule has 0 saturated heterocycles. The number of hydrogen-bond donors (Lipinski definition) is 6. The van der Waals surface area contributed by atoms with E-state index in [1.54, 1.807) is 6.20 Å². The van der Waals surface area contributed by atoms with Gasteiger partial charge < -0.3 is 26.5 Å². The van der Waals surface area contributed by atoms with Gasteiger partial charge >= 0.3 is 5.97 Å². The minimum atomic E-state index is -1.21. The van der Waals surface area contributed by atoms with Crippen LogP contribution in [-0.2, 0) is 20.8 Å². The number of nitrogens with one attached hydrogen (secondary N) is 3. The summed E-state index contributed by atoms with van der Waals surface area (Å²) in [5.74, 6) is -2.44. The summed E-state index contributed by atoms with van der Waals surface area (Å²) in [6.45, 7) is 1.48. The lowest BCUT2D eigenvalue weighted by molar-refractivity contribution is -0.141. The van der Waals surface area contributed by atoms with Gasteiger partial charge in [-0.25, -0.2) is 9.78 Å². The number of nitrogens with zero attached hydrogens (tertiary/aromatic N) is 1. The number of aromatic nitrogens is 2. The number of carboxylic acid groups (broad SMARTS) is 1. The monoisotopic (exact) mass is 329 g/mol. The number of thiol groups is 1. The van der Waals surface area contributed by atoms with E-state index in [0.717, 1.165) is 0 Å². The molecule has 6 N–H and O–H groups in total. The fourth-order valence-corrected chi connectivity index (χ4v) is 1.83. The molecule has 0 fully saturated rings. The van der Waals surface area contributed by atoms with Gasteiger partial charge in [0.25, 0.3) is 0 Å². The molecule has 0 saturated carbocycles. The lowest BCUT2D eigenvalue weighted by Crippen LogP contribution is -2.55. The average molecular weight is 329 g/mol. The van der Waals surface area contributed by atoms with E-state index in [0.29, 0.717) is 5.69 Å². The fourth-order valence-electron chi connectivity index (χ4n) is 1.58. The van der Waals surface area contributed by atoms with Crippen LogP contribution in [0.1, 0.15) is 12.6 Å². The first kappa shape index (κ1) is 18.0. The lowest BCUT2D eigenvalue weighted by atomic mass is 10.1. The molecule has 1 aromatic rings. The number of imidazole rings is 1. The highest BCUT2D eigenvalue weighted by atomic mass is 32.1. The van der Waals surface area contributed by atoms with Gasteiger partial charge in [0.05, 0.1) is 18.1 Å². The molecule has 0 radical (unpaired) electrons. The normalized spacial score (nSPS) is 14.7. The Labute approximate surface area is 132 Å². The summed E-state index contributed by atoms with van der Waals surface area (Å²) >= 11 is 3.87. The van der Waals surface area contributed by atoms with E-state index in [9.17, 15) is 14.4 Å². The van der Waals surface area contributed by atoms with Crippen molar-refractivity contribution in [3.05, 3.63) is 18.2 Å². The van der Waals surface area contributed by atoms with Crippen LogP contribution in [0.3, 0.4) is 0 Å². The van der Waals surface area contributed by atoms with Gasteiger partial charge in [0.1, 0.15) is 12.1 Å². The Morgan fingerprint density at radius 2 is 2.00 bits per heavy atom. The van der Waals surface area contributed by atoms with Crippen molar-refractivity contribution < 1.29 is 19.5 Å². The summed E-state index contributed by atoms with van der Waals surface area (Å²) in [5.41, 5.74) is 6.01. The van der Waals surface area contributed by atoms with Crippen molar-refractivity contribution in [1.82, 2.24) is 20.6 Å². The Bertz CT molecular complexity index is 520. The van der Waals surface area contributed by atoms with Crippen LogP contribution in [0.4, 0.5) is 0 Å². The molecule has 0 aromatic carbocycles. The molecule has 0 spiro atoms. The average Bonchev–Trinajstić information content (AvgIpc) is 2.96. The quantitative estimate of drug-likeness (QED) is 0.312. The van der Waals surface area contributed by atoms with Gasteiger partial charge in [0.2, 0.25) is 11.8 Å². The van der Waals surface area contributed by atoms with Gasteiger partial charge in [0, 0.05) is 18.4 Å². The third kappa shape index (κ3) is 5.37. The van der Waals surface area contributed by atoms with Gasteiger partial charge in [-0.3, -0.25) is 9.59 Å². The van der Waals surface area contributed by atoms with E-state index in [-0.39, 0.29) is 12.2 Å². The van der Waals surface area contributed by atoms with Crippen LogP contribution in [0.15, 0.2) is 12.5 Å². The van der Waals surface area contributed by atoms with Gasteiger partial charge in [-0.2, -0.15) is 12.6 Å². The van der Waals surface area contributed by atoms with Crippen LogP contribution < -0.4 is 16.4 Å². The van der Waals surface area contributed by atoms with Crippen molar-refractivity contribution in [3.63, 3.8) is 0 Å². The molecule has 0 aliphatic rings. The highest BCUT2D eigenvalue weighted by molar-refractivity contribution is 7.80. The highest BCUT2D eigenvalue weighted by Crippen LogP contribution is 2.01. The molecule has 0 unspecified atom stereocenters. The third-order valence-electron chi connectivity index (χ3n) is 2.81. The van der Waals surface area contributed by atoms with Gasteiger partial charge in [-0.1, -0.05) is 0 Å². The Morgan fingerprint density at radius 1 is 1.36 bits per heavy atom. The SMILES string of the molecule is C[C@H](N)C(=O)N[C@@H](Cc1c[nH]cn1)C(=O)N[C@@H](CS)C(=O)O. The summed E-state index contributed by atoms with van der Waals surface area (Å²) in [5, 5.41) is 13.7. The number of carbonyl (C=O) groups excluding carboxylic acids is 2.